The van der Waals surface area contributed by atoms with Gasteiger partial charge in [-0.3, -0.25) is 0 Å². The fraction of sp³-hybridized carbons (Fsp3) is 0.727. The molecule has 0 heteroatoms. The fourth-order valence-electron chi connectivity index (χ4n) is 5.40. The van der Waals surface area contributed by atoms with Gasteiger partial charge in [-0.25, -0.2) is 0 Å². The van der Waals surface area contributed by atoms with E-state index in [-0.39, 0.29) is 0 Å². The first-order valence-electron chi connectivity index (χ1n) is 9.59. The Bertz CT molecular complexity index is 488. The van der Waals surface area contributed by atoms with E-state index in [9.17, 15) is 0 Å². The summed E-state index contributed by atoms with van der Waals surface area (Å²) >= 11 is 0. The lowest BCUT2D eigenvalue weighted by Crippen LogP contribution is -2.34. The van der Waals surface area contributed by atoms with Crippen molar-refractivity contribution in [3.8, 4) is 0 Å². The molecule has 0 aromatic rings. The molecule has 0 amide bonds. The van der Waals surface area contributed by atoms with Crippen molar-refractivity contribution in [2.75, 3.05) is 0 Å². The Morgan fingerprint density at radius 1 is 1.14 bits per heavy atom. The van der Waals surface area contributed by atoms with Gasteiger partial charge in [-0.05, 0) is 81.0 Å². The second-order valence-corrected chi connectivity index (χ2v) is 8.58. The molecule has 122 valence electrons. The molecule has 0 spiro atoms. The summed E-state index contributed by atoms with van der Waals surface area (Å²) in [6.45, 7) is 11.5. The van der Waals surface area contributed by atoms with Gasteiger partial charge in [-0.1, -0.05) is 56.2 Å². The highest BCUT2D eigenvalue weighted by Crippen LogP contribution is 2.51. The van der Waals surface area contributed by atoms with Gasteiger partial charge in [-0.2, -0.15) is 0 Å². The summed E-state index contributed by atoms with van der Waals surface area (Å²) in [7, 11) is 0. The minimum atomic E-state index is 0.417. The molecule has 22 heavy (non-hydrogen) atoms. The molecule has 0 saturated heterocycles. The minimum Gasteiger partial charge on any atom is -0.0958 e. The highest BCUT2D eigenvalue weighted by atomic mass is 14.4. The molecule has 0 radical (unpaired) electrons. The van der Waals surface area contributed by atoms with Crippen molar-refractivity contribution >= 4 is 0 Å². The molecule has 0 aliphatic heterocycles. The zero-order valence-corrected chi connectivity index (χ0v) is 15.0. The van der Waals surface area contributed by atoms with Crippen LogP contribution in [0.25, 0.3) is 0 Å². The van der Waals surface area contributed by atoms with Gasteiger partial charge in [0.15, 0.2) is 0 Å². The zero-order valence-electron chi connectivity index (χ0n) is 15.0. The first kappa shape index (κ1) is 16.1. The molecular formula is C22H34. The van der Waals surface area contributed by atoms with E-state index < -0.39 is 0 Å². The molecule has 2 saturated carbocycles. The molecule has 3 aliphatic carbocycles. The fourth-order valence-corrected chi connectivity index (χ4v) is 5.40. The predicted molar refractivity (Wildman–Crippen MR) is 96.8 cm³/mol. The van der Waals surface area contributed by atoms with Gasteiger partial charge in [-0.15, -0.1) is 0 Å². The minimum absolute atomic E-state index is 0.417. The Balaban J connectivity index is 1.81. The summed E-state index contributed by atoms with van der Waals surface area (Å²) in [4.78, 5) is 0. The Kier molecular flexibility index (Phi) is 4.67. The quantitative estimate of drug-likeness (QED) is 0.465. The third-order valence-corrected chi connectivity index (χ3v) is 6.78. The monoisotopic (exact) mass is 298 g/mol. The van der Waals surface area contributed by atoms with Gasteiger partial charge in [0.1, 0.15) is 0 Å². The Morgan fingerprint density at radius 3 is 2.68 bits per heavy atom. The molecule has 3 rings (SSSR count). The van der Waals surface area contributed by atoms with Crippen molar-refractivity contribution in [2.45, 2.75) is 78.6 Å². The topological polar surface area (TPSA) is 0 Å². The van der Waals surface area contributed by atoms with Crippen LogP contribution in [0.2, 0.25) is 0 Å². The maximum atomic E-state index is 4.21. The van der Waals surface area contributed by atoms with E-state index in [0.717, 1.165) is 17.8 Å². The highest BCUT2D eigenvalue weighted by Gasteiger charge is 2.39. The van der Waals surface area contributed by atoms with Crippen molar-refractivity contribution in [1.82, 2.24) is 0 Å². The van der Waals surface area contributed by atoms with E-state index in [0.29, 0.717) is 5.41 Å². The average molecular weight is 299 g/mol. The summed E-state index contributed by atoms with van der Waals surface area (Å²) in [5.74, 6) is 2.82. The summed E-state index contributed by atoms with van der Waals surface area (Å²) in [6, 6.07) is 0. The predicted octanol–water partition coefficient (Wildman–Crippen LogP) is 6.84. The number of hydrogen-bond donors (Lipinski definition) is 0. The first-order valence-corrected chi connectivity index (χ1v) is 9.59. The second kappa shape index (κ2) is 6.38. The van der Waals surface area contributed by atoms with Gasteiger partial charge in [0.05, 0.1) is 0 Å². The molecule has 3 unspecified atom stereocenters. The third-order valence-electron chi connectivity index (χ3n) is 6.78. The number of hydrogen-bond acceptors (Lipinski definition) is 0. The average Bonchev–Trinajstić information content (AvgIpc) is 2.48. The van der Waals surface area contributed by atoms with E-state index in [2.05, 4.69) is 39.5 Å². The van der Waals surface area contributed by atoms with Crippen LogP contribution in [0.3, 0.4) is 0 Å². The lowest BCUT2D eigenvalue weighted by Gasteiger charge is -2.46. The molecule has 2 fully saturated rings. The van der Waals surface area contributed by atoms with Gasteiger partial charge >= 0.3 is 0 Å². The first-order chi connectivity index (χ1) is 10.5. The molecule has 0 aromatic heterocycles. The smallest absolute Gasteiger partial charge is 0.0145 e. The third kappa shape index (κ3) is 3.12. The highest BCUT2D eigenvalue weighted by molar-refractivity contribution is 5.29. The molecule has 0 nitrogen and oxygen atoms in total. The van der Waals surface area contributed by atoms with Crippen molar-refractivity contribution in [1.29, 1.82) is 0 Å². The van der Waals surface area contributed by atoms with Crippen molar-refractivity contribution in [3.63, 3.8) is 0 Å². The largest absolute Gasteiger partial charge is 0.0958 e. The SMILES string of the molecule is C=C1C=C2CCC3CC/C(=C\CC)C(C)(C)CCC3C2CC1. The van der Waals surface area contributed by atoms with Crippen LogP contribution in [0, 0.1) is 23.2 Å². The van der Waals surface area contributed by atoms with Crippen LogP contribution >= 0.6 is 0 Å². The lowest BCUT2D eigenvalue weighted by atomic mass is 9.59. The maximum Gasteiger partial charge on any atom is -0.0145 e. The molecule has 3 atom stereocenters. The standard InChI is InChI=1S/C22H34/c1-5-6-19-11-10-17-8-9-18-15-16(2)7-12-20(18)21(17)13-14-22(19,3)4/h6,15,17,20-21H,2,5,7-14H2,1,3-4H3/b19-6+. The lowest BCUT2D eigenvalue weighted by molar-refractivity contribution is 0.137. The maximum absolute atomic E-state index is 4.21. The van der Waals surface area contributed by atoms with Gasteiger partial charge in [0.25, 0.3) is 0 Å². The summed E-state index contributed by atoms with van der Waals surface area (Å²) < 4.78 is 0. The van der Waals surface area contributed by atoms with E-state index >= 15 is 0 Å². The van der Waals surface area contributed by atoms with Crippen molar-refractivity contribution in [3.05, 3.63) is 35.5 Å². The van der Waals surface area contributed by atoms with Crippen LogP contribution in [0.1, 0.15) is 78.6 Å². The molecular weight excluding hydrogens is 264 g/mol. The summed E-state index contributed by atoms with van der Waals surface area (Å²) in [6.07, 6.45) is 17.2. The van der Waals surface area contributed by atoms with Gasteiger partial charge in [0.2, 0.25) is 0 Å². The zero-order chi connectivity index (χ0) is 15.7. The number of allylic oxidation sites excluding steroid dienone is 5. The van der Waals surface area contributed by atoms with Crippen LogP contribution < -0.4 is 0 Å². The van der Waals surface area contributed by atoms with Crippen LogP contribution in [0.5, 0.6) is 0 Å². The number of fused-ring (bicyclic) bond motifs is 3. The van der Waals surface area contributed by atoms with E-state index in [1.807, 2.05) is 0 Å². The van der Waals surface area contributed by atoms with E-state index in [1.165, 1.54) is 63.4 Å². The Hall–Kier alpha value is -0.780. The second-order valence-electron chi connectivity index (χ2n) is 8.58. The normalized spacial score (nSPS) is 36.9. The van der Waals surface area contributed by atoms with Crippen LogP contribution in [-0.2, 0) is 0 Å². The summed E-state index contributed by atoms with van der Waals surface area (Å²) in [5.41, 5.74) is 5.29. The molecule has 0 aromatic carbocycles. The Morgan fingerprint density at radius 2 is 1.91 bits per heavy atom. The molecule has 0 bridgehead atoms. The van der Waals surface area contributed by atoms with Crippen LogP contribution in [0.4, 0.5) is 0 Å². The van der Waals surface area contributed by atoms with Crippen molar-refractivity contribution in [2.24, 2.45) is 23.2 Å². The van der Waals surface area contributed by atoms with Gasteiger partial charge in [0, 0.05) is 0 Å². The summed E-state index contributed by atoms with van der Waals surface area (Å²) in [5, 5.41) is 0. The van der Waals surface area contributed by atoms with Crippen LogP contribution in [0.15, 0.2) is 35.5 Å². The van der Waals surface area contributed by atoms with Crippen LogP contribution in [-0.4, -0.2) is 0 Å². The van der Waals surface area contributed by atoms with Gasteiger partial charge < -0.3 is 0 Å². The van der Waals surface area contributed by atoms with E-state index in [1.54, 1.807) is 11.1 Å². The Labute approximate surface area is 137 Å². The molecule has 0 heterocycles. The molecule has 3 aliphatic rings. The number of rotatable bonds is 1. The molecule has 0 N–H and O–H groups in total. The van der Waals surface area contributed by atoms with E-state index in [4.69, 9.17) is 0 Å². The van der Waals surface area contributed by atoms with Crippen molar-refractivity contribution < 1.29 is 0 Å².